The Morgan fingerprint density at radius 2 is 1.75 bits per heavy atom. The number of anilines is 1. The number of nitrogens with zero attached hydrogens (tertiary/aromatic N) is 2. The number of carbonyl (C=O) groups excluding carboxylic acids is 1. The van der Waals surface area contributed by atoms with Crippen LogP contribution in [0.15, 0.2) is 48.5 Å². The molecule has 0 aliphatic carbocycles. The molecule has 4 heteroatoms. The number of carbonyl (C=O) groups is 1. The molecule has 0 aliphatic rings. The van der Waals surface area contributed by atoms with Crippen molar-refractivity contribution in [2.75, 3.05) is 18.5 Å². The van der Waals surface area contributed by atoms with Crippen LogP contribution >= 0.6 is 0 Å². The predicted octanol–water partition coefficient (Wildman–Crippen LogP) is 3.02. The molecule has 0 spiro atoms. The van der Waals surface area contributed by atoms with Gasteiger partial charge in [-0.2, -0.15) is 5.26 Å². The van der Waals surface area contributed by atoms with Gasteiger partial charge in [0.05, 0.1) is 18.2 Å². The molecule has 3 nitrogen and oxygen atoms in total. The molecule has 20 heavy (non-hydrogen) atoms. The Morgan fingerprint density at radius 1 is 1.15 bits per heavy atom. The quantitative estimate of drug-likeness (QED) is 0.801. The minimum Gasteiger partial charge on any atom is -0.367 e. The topological polar surface area (TPSA) is 44.1 Å². The van der Waals surface area contributed by atoms with Crippen LogP contribution in [0.4, 0.5) is 10.1 Å². The number of hydrogen-bond donors (Lipinski definition) is 0. The third-order valence-electron chi connectivity index (χ3n) is 2.98. The van der Waals surface area contributed by atoms with E-state index < -0.39 is 0 Å². The van der Waals surface area contributed by atoms with Crippen LogP contribution in [0.25, 0.3) is 0 Å². The maximum atomic E-state index is 12.8. The largest absolute Gasteiger partial charge is 0.367 e. The Balaban J connectivity index is 2.06. The Morgan fingerprint density at radius 3 is 2.30 bits per heavy atom. The second-order valence-electron chi connectivity index (χ2n) is 4.44. The van der Waals surface area contributed by atoms with E-state index in [0.717, 1.165) is 5.69 Å². The molecule has 0 N–H and O–H groups in total. The van der Waals surface area contributed by atoms with Gasteiger partial charge in [-0.15, -0.1) is 0 Å². The molecule has 0 amide bonds. The summed E-state index contributed by atoms with van der Waals surface area (Å²) in [5, 5.41) is 8.71. The van der Waals surface area contributed by atoms with E-state index in [1.165, 1.54) is 12.1 Å². The molecule has 0 radical (unpaired) electrons. The van der Waals surface area contributed by atoms with Crippen LogP contribution < -0.4 is 4.90 Å². The Kier molecular flexibility index (Phi) is 4.11. The maximum absolute atomic E-state index is 12.8. The molecule has 0 aromatic heterocycles. The monoisotopic (exact) mass is 268 g/mol. The molecule has 0 fully saturated rings. The number of benzene rings is 2. The van der Waals surface area contributed by atoms with Crippen molar-refractivity contribution in [1.29, 1.82) is 5.26 Å². The molecule has 100 valence electrons. The van der Waals surface area contributed by atoms with Crippen molar-refractivity contribution >= 4 is 11.5 Å². The summed E-state index contributed by atoms with van der Waals surface area (Å²) in [6.07, 6.45) is 0. The van der Waals surface area contributed by atoms with Crippen LogP contribution in [-0.4, -0.2) is 19.4 Å². The Hall–Kier alpha value is -2.67. The first-order valence-electron chi connectivity index (χ1n) is 6.10. The Bertz CT molecular complexity index is 642. The zero-order valence-corrected chi connectivity index (χ0v) is 11.0. The predicted molar refractivity (Wildman–Crippen MR) is 75.2 cm³/mol. The fraction of sp³-hybridized carbons (Fsp3) is 0.125. The molecule has 2 aromatic rings. The normalized spacial score (nSPS) is 9.85. The average molecular weight is 268 g/mol. The SMILES string of the molecule is CN(CC(=O)c1ccc(C#N)cc1)c1ccc(F)cc1. The molecule has 0 saturated carbocycles. The van der Waals surface area contributed by atoms with Gasteiger partial charge in [-0.25, -0.2) is 4.39 Å². The van der Waals surface area contributed by atoms with Gasteiger partial charge in [-0.3, -0.25) is 4.79 Å². The molecular formula is C16H13FN2O. The summed E-state index contributed by atoms with van der Waals surface area (Å²) < 4.78 is 12.8. The maximum Gasteiger partial charge on any atom is 0.182 e. The summed E-state index contributed by atoms with van der Waals surface area (Å²) in [4.78, 5) is 13.8. The third-order valence-corrected chi connectivity index (χ3v) is 2.98. The standard InChI is InChI=1S/C16H13FN2O/c1-19(15-8-6-14(17)7-9-15)11-16(20)13-4-2-12(10-18)3-5-13/h2-9H,11H2,1H3. The average Bonchev–Trinajstić information content (AvgIpc) is 2.48. The number of rotatable bonds is 4. The van der Waals surface area contributed by atoms with Gasteiger partial charge in [0.25, 0.3) is 0 Å². The molecule has 0 unspecified atom stereocenters. The van der Waals surface area contributed by atoms with Crippen molar-refractivity contribution in [2.45, 2.75) is 0 Å². The number of Topliss-reactive ketones (excluding diaryl/α,β-unsaturated/α-hetero) is 1. The van der Waals surface area contributed by atoms with E-state index in [1.54, 1.807) is 48.3 Å². The van der Waals surface area contributed by atoms with Crippen molar-refractivity contribution in [3.8, 4) is 6.07 Å². The molecule has 0 atom stereocenters. The van der Waals surface area contributed by atoms with Gasteiger partial charge in [0, 0.05) is 18.3 Å². The zero-order valence-electron chi connectivity index (χ0n) is 11.0. The summed E-state index contributed by atoms with van der Waals surface area (Å²) in [5.74, 6) is -0.359. The fourth-order valence-corrected chi connectivity index (χ4v) is 1.82. The van der Waals surface area contributed by atoms with Crippen molar-refractivity contribution in [3.05, 3.63) is 65.5 Å². The van der Waals surface area contributed by atoms with Crippen LogP contribution in [-0.2, 0) is 0 Å². The molecule has 2 rings (SSSR count). The number of hydrogen-bond acceptors (Lipinski definition) is 3. The van der Waals surface area contributed by atoms with Gasteiger partial charge in [-0.1, -0.05) is 12.1 Å². The lowest BCUT2D eigenvalue weighted by Gasteiger charge is -2.18. The number of ketones is 1. The molecule has 0 aliphatic heterocycles. The highest BCUT2D eigenvalue weighted by Gasteiger charge is 2.10. The lowest BCUT2D eigenvalue weighted by Crippen LogP contribution is -2.25. The van der Waals surface area contributed by atoms with Gasteiger partial charge in [-0.05, 0) is 36.4 Å². The lowest BCUT2D eigenvalue weighted by molar-refractivity contribution is 0.100. The van der Waals surface area contributed by atoms with E-state index >= 15 is 0 Å². The van der Waals surface area contributed by atoms with Gasteiger partial charge in [0.15, 0.2) is 5.78 Å². The summed E-state index contributed by atoms with van der Waals surface area (Å²) in [7, 11) is 1.77. The van der Waals surface area contributed by atoms with Crippen LogP contribution in [0.2, 0.25) is 0 Å². The third kappa shape index (κ3) is 3.21. The number of halogens is 1. The highest BCUT2D eigenvalue weighted by atomic mass is 19.1. The van der Waals surface area contributed by atoms with Gasteiger partial charge < -0.3 is 4.90 Å². The van der Waals surface area contributed by atoms with E-state index in [2.05, 4.69) is 0 Å². The summed E-state index contributed by atoms with van der Waals surface area (Å²) >= 11 is 0. The summed E-state index contributed by atoms with van der Waals surface area (Å²) in [6.45, 7) is 0.192. The van der Waals surface area contributed by atoms with E-state index in [-0.39, 0.29) is 18.1 Å². The van der Waals surface area contributed by atoms with Gasteiger partial charge in [0.1, 0.15) is 5.82 Å². The van der Waals surface area contributed by atoms with E-state index in [9.17, 15) is 9.18 Å². The van der Waals surface area contributed by atoms with Crippen molar-refractivity contribution in [3.63, 3.8) is 0 Å². The first kappa shape index (κ1) is 13.8. The van der Waals surface area contributed by atoms with Crippen LogP contribution in [0.1, 0.15) is 15.9 Å². The smallest absolute Gasteiger partial charge is 0.182 e. The van der Waals surface area contributed by atoms with E-state index in [0.29, 0.717) is 11.1 Å². The Labute approximate surface area is 116 Å². The summed E-state index contributed by atoms with van der Waals surface area (Å²) in [5.41, 5.74) is 1.85. The van der Waals surface area contributed by atoms with Crippen LogP contribution in [0.5, 0.6) is 0 Å². The minimum atomic E-state index is -0.305. The fourth-order valence-electron chi connectivity index (χ4n) is 1.82. The zero-order chi connectivity index (χ0) is 14.5. The first-order valence-corrected chi connectivity index (χ1v) is 6.10. The molecule has 0 saturated heterocycles. The molecule has 2 aromatic carbocycles. The molecular weight excluding hydrogens is 255 g/mol. The van der Waals surface area contributed by atoms with Crippen molar-refractivity contribution in [2.24, 2.45) is 0 Å². The van der Waals surface area contributed by atoms with Gasteiger partial charge in [0.2, 0.25) is 0 Å². The van der Waals surface area contributed by atoms with Gasteiger partial charge >= 0.3 is 0 Å². The molecule has 0 heterocycles. The van der Waals surface area contributed by atoms with E-state index in [4.69, 9.17) is 5.26 Å². The second-order valence-corrected chi connectivity index (χ2v) is 4.44. The van der Waals surface area contributed by atoms with Crippen molar-refractivity contribution in [1.82, 2.24) is 0 Å². The second kappa shape index (κ2) is 5.98. The molecule has 0 bridgehead atoms. The van der Waals surface area contributed by atoms with Crippen LogP contribution in [0.3, 0.4) is 0 Å². The first-order chi connectivity index (χ1) is 9.60. The van der Waals surface area contributed by atoms with Crippen molar-refractivity contribution < 1.29 is 9.18 Å². The van der Waals surface area contributed by atoms with E-state index in [1.807, 2.05) is 6.07 Å². The highest BCUT2D eigenvalue weighted by molar-refractivity contribution is 5.99. The number of likely N-dealkylation sites (N-methyl/N-ethyl adjacent to an activating group) is 1. The summed E-state index contributed by atoms with van der Waals surface area (Å²) in [6, 6.07) is 14.5. The lowest BCUT2D eigenvalue weighted by atomic mass is 10.1. The highest BCUT2D eigenvalue weighted by Crippen LogP contribution is 2.14. The minimum absolute atomic E-state index is 0.0543. The number of nitriles is 1. The van der Waals surface area contributed by atoms with Crippen LogP contribution in [0, 0.1) is 17.1 Å².